The number of benzene rings is 1. The first kappa shape index (κ1) is 13.3. The Labute approximate surface area is 107 Å². The van der Waals surface area contributed by atoms with Gasteiger partial charge in [-0.2, -0.15) is 0 Å². The third-order valence-corrected chi connectivity index (χ3v) is 3.48. The molecule has 2 atom stereocenters. The van der Waals surface area contributed by atoms with Crippen molar-refractivity contribution in [2.24, 2.45) is 5.92 Å². The van der Waals surface area contributed by atoms with Crippen molar-refractivity contribution in [3.8, 4) is 5.75 Å². The molecular weight excluding hydrogens is 233 g/mol. The van der Waals surface area contributed by atoms with Crippen molar-refractivity contribution in [2.45, 2.75) is 19.4 Å². The number of hydrogen-bond acceptors (Lipinski definition) is 3. The van der Waals surface area contributed by atoms with Crippen LogP contribution in [0.4, 0.5) is 4.39 Å². The lowest BCUT2D eigenvalue weighted by Crippen LogP contribution is -2.44. The zero-order valence-corrected chi connectivity index (χ0v) is 10.7. The van der Waals surface area contributed by atoms with Gasteiger partial charge in [0.1, 0.15) is 18.2 Å². The summed E-state index contributed by atoms with van der Waals surface area (Å²) < 4.78 is 18.4. The van der Waals surface area contributed by atoms with Crippen LogP contribution in [0.5, 0.6) is 5.75 Å². The summed E-state index contributed by atoms with van der Waals surface area (Å²) in [5, 5.41) is 9.77. The lowest BCUT2D eigenvalue weighted by Gasteiger charge is -2.34. The molecule has 1 N–H and O–H groups in total. The normalized spacial score (nSPS) is 25.1. The molecule has 2 rings (SSSR count). The Hall–Kier alpha value is -1.13. The third kappa shape index (κ3) is 3.68. The van der Waals surface area contributed by atoms with E-state index in [1.54, 1.807) is 12.1 Å². The van der Waals surface area contributed by atoms with Crippen molar-refractivity contribution < 1.29 is 14.2 Å². The predicted octanol–water partition coefficient (Wildman–Crippen LogP) is 1.91. The number of aliphatic hydroxyl groups excluding tert-OH is 1. The van der Waals surface area contributed by atoms with Gasteiger partial charge < -0.3 is 9.84 Å². The molecule has 0 saturated carbocycles. The number of likely N-dealkylation sites (tertiary alicyclic amines) is 1. The maximum Gasteiger partial charge on any atom is 0.126 e. The van der Waals surface area contributed by atoms with Crippen LogP contribution in [-0.2, 0) is 0 Å². The van der Waals surface area contributed by atoms with E-state index in [1.807, 2.05) is 0 Å². The smallest absolute Gasteiger partial charge is 0.126 e. The van der Waals surface area contributed by atoms with Crippen LogP contribution in [0.15, 0.2) is 24.3 Å². The predicted molar refractivity (Wildman–Crippen MR) is 68.1 cm³/mol. The summed E-state index contributed by atoms with van der Waals surface area (Å²) in [5.41, 5.74) is 0. The molecule has 1 saturated heterocycles. The Morgan fingerprint density at radius 3 is 3.06 bits per heavy atom. The summed E-state index contributed by atoms with van der Waals surface area (Å²) >= 11 is 0. The summed E-state index contributed by atoms with van der Waals surface area (Å²) in [5.74, 6) is 0.654. The number of nitrogens with zero attached hydrogens (tertiary/aromatic N) is 1. The Morgan fingerprint density at radius 1 is 1.50 bits per heavy atom. The molecule has 18 heavy (non-hydrogen) atoms. The first-order valence-electron chi connectivity index (χ1n) is 6.44. The molecule has 0 aromatic heterocycles. The zero-order valence-electron chi connectivity index (χ0n) is 10.7. The standard InChI is InChI=1S/C14H20FNO2/c1-11-5-6-16(10-14(11)17)7-8-18-13-4-2-3-12(15)9-13/h2-4,9,11,14,17H,5-8,10H2,1H3. The molecule has 1 heterocycles. The summed E-state index contributed by atoms with van der Waals surface area (Å²) in [6.45, 7) is 5.05. The van der Waals surface area contributed by atoms with Gasteiger partial charge in [0.05, 0.1) is 6.10 Å². The second-order valence-corrected chi connectivity index (χ2v) is 4.94. The Balaban J connectivity index is 1.72. The van der Waals surface area contributed by atoms with E-state index in [0.29, 0.717) is 24.8 Å². The van der Waals surface area contributed by atoms with Crippen molar-refractivity contribution >= 4 is 0 Å². The molecule has 100 valence electrons. The molecule has 4 heteroatoms. The van der Waals surface area contributed by atoms with Crippen molar-refractivity contribution in [1.29, 1.82) is 0 Å². The number of ether oxygens (including phenoxy) is 1. The highest BCUT2D eigenvalue weighted by atomic mass is 19.1. The summed E-state index contributed by atoms with van der Waals surface area (Å²) in [7, 11) is 0. The van der Waals surface area contributed by atoms with E-state index in [1.165, 1.54) is 12.1 Å². The second-order valence-electron chi connectivity index (χ2n) is 4.94. The van der Waals surface area contributed by atoms with E-state index in [9.17, 15) is 9.50 Å². The van der Waals surface area contributed by atoms with Crippen molar-refractivity contribution in [2.75, 3.05) is 26.2 Å². The average Bonchev–Trinajstić information content (AvgIpc) is 2.34. The van der Waals surface area contributed by atoms with Gasteiger partial charge in [0.2, 0.25) is 0 Å². The van der Waals surface area contributed by atoms with Gasteiger partial charge in [0, 0.05) is 19.2 Å². The largest absolute Gasteiger partial charge is 0.492 e. The van der Waals surface area contributed by atoms with E-state index in [0.717, 1.165) is 19.5 Å². The first-order valence-corrected chi connectivity index (χ1v) is 6.44. The fraction of sp³-hybridized carbons (Fsp3) is 0.571. The fourth-order valence-corrected chi connectivity index (χ4v) is 2.17. The zero-order chi connectivity index (χ0) is 13.0. The number of rotatable bonds is 4. The highest BCUT2D eigenvalue weighted by Crippen LogP contribution is 2.17. The Morgan fingerprint density at radius 2 is 2.33 bits per heavy atom. The maximum absolute atomic E-state index is 12.9. The van der Waals surface area contributed by atoms with Gasteiger partial charge >= 0.3 is 0 Å². The van der Waals surface area contributed by atoms with E-state index in [2.05, 4.69) is 11.8 Å². The average molecular weight is 253 g/mol. The number of β-amino-alcohol motifs (C(OH)–C–C–N with tert-alkyl or cyclic N) is 1. The third-order valence-electron chi connectivity index (χ3n) is 3.48. The highest BCUT2D eigenvalue weighted by Gasteiger charge is 2.23. The molecule has 0 aliphatic carbocycles. The van der Waals surface area contributed by atoms with E-state index >= 15 is 0 Å². The molecule has 2 unspecified atom stereocenters. The van der Waals surface area contributed by atoms with Crippen molar-refractivity contribution in [1.82, 2.24) is 4.90 Å². The molecule has 0 spiro atoms. The molecule has 0 amide bonds. The highest BCUT2D eigenvalue weighted by molar-refractivity contribution is 5.22. The summed E-state index contributed by atoms with van der Waals surface area (Å²) in [4.78, 5) is 2.18. The molecule has 0 radical (unpaired) electrons. The fourth-order valence-electron chi connectivity index (χ4n) is 2.17. The molecule has 1 aromatic carbocycles. The Bertz CT molecular complexity index is 386. The van der Waals surface area contributed by atoms with E-state index in [4.69, 9.17) is 4.74 Å². The van der Waals surface area contributed by atoms with Gasteiger partial charge in [-0.1, -0.05) is 13.0 Å². The summed E-state index contributed by atoms with van der Waals surface area (Å²) in [6, 6.07) is 6.16. The topological polar surface area (TPSA) is 32.7 Å². The minimum atomic E-state index is -0.283. The monoisotopic (exact) mass is 253 g/mol. The molecule has 0 bridgehead atoms. The quantitative estimate of drug-likeness (QED) is 0.889. The van der Waals surface area contributed by atoms with Gasteiger partial charge in [-0.05, 0) is 31.0 Å². The molecule has 1 fully saturated rings. The van der Waals surface area contributed by atoms with E-state index < -0.39 is 0 Å². The first-order chi connectivity index (χ1) is 8.65. The van der Waals surface area contributed by atoms with E-state index in [-0.39, 0.29) is 11.9 Å². The lowest BCUT2D eigenvalue weighted by atomic mass is 9.96. The molecule has 1 aliphatic heterocycles. The molecule has 1 aliphatic rings. The molecule has 3 nitrogen and oxygen atoms in total. The van der Waals surface area contributed by atoms with Crippen LogP contribution in [0.1, 0.15) is 13.3 Å². The maximum atomic E-state index is 12.9. The SMILES string of the molecule is CC1CCN(CCOc2cccc(F)c2)CC1O. The Kier molecular flexibility index (Phi) is 4.55. The van der Waals surface area contributed by atoms with Crippen molar-refractivity contribution in [3.63, 3.8) is 0 Å². The number of hydrogen-bond donors (Lipinski definition) is 1. The van der Waals surface area contributed by atoms with Gasteiger partial charge in [0.15, 0.2) is 0 Å². The van der Waals surface area contributed by atoms with Gasteiger partial charge in [-0.15, -0.1) is 0 Å². The van der Waals surface area contributed by atoms with Crippen molar-refractivity contribution in [3.05, 3.63) is 30.1 Å². The van der Waals surface area contributed by atoms with Crippen LogP contribution in [0, 0.1) is 11.7 Å². The van der Waals surface area contributed by atoms with Gasteiger partial charge in [0.25, 0.3) is 0 Å². The minimum absolute atomic E-state index is 0.243. The molecule has 1 aromatic rings. The minimum Gasteiger partial charge on any atom is -0.492 e. The second kappa shape index (κ2) is 6.16. The number of halogens is 1. The van der Waals surface area contributed by atoms with Gasteiger partial charge in [-0.25, -0.2) is 4.39 Å². The number of piperidine rings is 1. The van der Waals surface area contributed by atoms with Gasteiger partial charge in [-0.3, -0.25) is 4.90 Å². The van der Waals surface area contributed by atoms with Crippen LogP contribution in [0.25, 0.3) is 0 Å². The molecular formula is C14H20FNO2. The lowest BCUT2D eigenvalue weighted by molar-refractivity contribution is 0.0244. The van der Waals surface area contributed by atoms with Crippen LogP contribution in [-0.4, -0.2) is 42.4 Å². The van der Waals surface area contributed by atoms with Crippen LogP contribution >= 0.6 is 0 Å². The van der Waals surface area contributed by atoms with Crippen LogP contribution < -0.4 is 4.74 Å². The van der Waals surface area contributed by atoms with Crippen LogP contribution in [0.2, 0.25) is 0 Å². The number of aliphatic hydroxyl groups is 1. The van der Waals surface area contributed by atoms with Crippen LogP contribution in [0.3, 0.4) is 0 Å². The summed E-state index contributed by atoms with van der Waals surface area (Å²) in [6.07, 6.45) is 0.772.